The molecule has 1 atom stereocenters. The Morgan fingerprint density at radius 3 is 2.48 bits per heavy atom. The SMILES string of the molecule is O=C(CC1NC(N2CCC(c3ccccc3)CC2)=NC1=O)Nc1ccc(Cl)cc1. The molecule has 2 aliphatic heterocycles. The van der Waals surface area contributed by atoms with Crippen LogP contribution in [0.3, 0.4) is 0 Å². The van der Waals surface area contributed by atoms with Gasteiger partial charge in [0.1, 0.15) is 6.04 Å². The molecule has 1 fully saturated rings. The van der Waals surface area contributed by atoms with Crippen molar-refractivity contribution in [3.8, 4) is 0 Å². The third-order valence-corrected chi connectivity index (χ3v) is 5.65. The van der Waals surface area contributed by atoms with Crippen LogP contribution in [0.5, 0.6) is 0 Å². The summed E-state index contributed by atoms with van der Waals surface area (Å²) in [6, 6.07) is 16.8. The lowest BCUT2D eigenvalue weighted by Crippen LogP contribution is -2.46. The van der Waals surface area contributed by atoms with E-state index in [0.29, 0.717) is 22.6 Å². The molecule has 2 aromatic rings. The Balaban J connectivity index is 1.28. The molecule has 0 spiro atoms. The standard InChI is InChI=1S/C22H23ClN4O2/c23-17-6-8-18(9-7-17)24-20(28)14-19-21(29)26-22(25-19)27-12-10-16(11-13-27)15-4-2-1-3-5-15/h1-9,16,19H,10-14H2,(H,24,28)(H,25,26,29). The summed E-state index contributed by atoms with van der Waals surface area (Å²) in [6.07, 6.45) is 2.07. The predicted molar refractivity (Wildman–Crippen MR) is 114 cm³/mol. The summed E-state index contributed by atoms with van der Waals surface area (Å²) in [7, 11) is 0. The topological polar surface area (TPSA) is 73.8 Å². The number of nitrogens with one attached hydrogen (secondary N) is 2. The van der Waals surface area contributed by atoms with Crippen LogP contribution in [0.2, 0.25) is 5.02 Å². The van der Waals surface area contributed by atoms with Gasteiger partial charge in [0.15, 0.2) is 0 Å². The summed E-state index contributed by atoms with van der Waals surface area (Å²) in [5.74, 6) is 0.589. The second-order valence-electron chi connectivity index (χ2n) is 7.40. The summed E-state index contributed by atoms with van der Waals surface area (Å²) < 4.78 is 0. The van der Waals surface area contributed by atoms with Crippen molar-refractivity contribution >= 4 is 35.1 Å². The first-order chi connectivity index (χ1) is 14.1. The van der Waals surface area contributed by atoms with E-state index in [4.69, 9.17) is 11.6 Å². The molecule has 0 aromatic heterocycles. The molecule has 2 aliphatic rings. The number of anilines is 1. The van der Waals surface area contributed by atoms with Gasteiger partial charge in [0.2, 0.25) is 11.9 Å². The molecule has 2 heterocycles. The Bertz CT molecular complexity index is 906. The smallest absolute Gasteiger partial charge is 0.271 e. The minimum absolute atomic E-state index is 0.0366. The number of piperidine rings is 1. The first-order valence-electron chi connectivity index (χ1n) is 9.83. The summed E-state index contributed by atoms with van der Waals surface area (Å²) in [6.45, 7) is 1.67. The van der Waals surface area contributed by atoms with Crippen LogP contribution < -0.4 is 10.6 Å². The van der Waals surface area contributed by atoms with E-state index < -0.39 is 6.04 Å². The van der Waals surface area contributed by atoms with Crippen molar-refractivity contribution in [2.75, 3.05) is 18.4 Å². The summed E-state index contributed by atoms with van der Waals surface area (Å²) in [4.78, 5) is 30.8. The summed E-state index contributed by atoms with van der Waals surface area (Å²) in [5.41, 5.74) is 2.01. The molecule has 6 nitrogen and oxygen atoms in total. The molecule has 2 amide bonds. The molecule has 1 saturated heterocycles. The highest BCUT2D eigenvalue weighted by atomic mass is 35.5. The molecule has 0 bridgehead atoms. The monoisotopic (exact) mass is 410 g/mol. The maximum atomic E-state index is 12.3. The lowest BCUT2D eigenvalue weighted by Gasteiger charge is -2.33. The van der Waals surface area contributed by atoms with Crippen LogP contribution in [-0.2, 0) is 9.59 Å². The molecular formula is C22H23ClN4O2. The maximum Gasteiger partial charge on any atom is 0.271 e. The number of guanidine groups is 1. The number of rotatable bonds is 4. The van der Waals surface area contributed by atoms with Gasteiger partial charge >= 0.3 is 0 Å². The predicted octanol–water partition coefficient (Wildman–Crippen LogP) is 3.40. The molecule has 7 heteroatoms. The van der Waals surface area contributed by atoms with Crippen LogP contribution in [0.1, 0.15) is 30.7 Å². The van der Waals surface area contributed by atoms with Crippen LogP contribution in [0.4, 0.5) is 5.69 Å². The first-order valence-corrected chi connectivity index (χ1v) is 10.2. The van der Waals surface area contributed by atoms with Crippen LogP contribution in [0, 0.1) is 0 Å². The van der Waals surface area contributed by atoms with Gasteiger partial charge in [-0.05, 0) is 48.6 Å². The fourth-order valence-electron chi connectivity index (χ4n) is 3.81. The molecule has 2 aromatic carbocycles. The van der Waals surface area contributed by atoms with Crippen molar-refractivity contribution < 1.29 is 9.59 Å². The van der Waals surface area contributed by atoms with E-state index in [2.05, 4.69) is 44.8 Å². The van der Waals surface area contributed by atoms with Crippen LogP contribution in [0.15, 0.2) is 59.6 Å². The van der Waals surface area contributed by atoms with E-state index in [-0.39, 0.29) is 18.2 Å². The normalized spacial score (nSPS) is 19.6. The highest BCUT2D eigenvalue weighted by Gasteiger charge is 2.33. The van der Waals surface area contributed by atoms with Gasteiger partial charge in [-0.2, -0.15) is 4.99 Å². The first kappa shape index (κ1) is 19.5. The molecule has 4 rings (SSSR count). The number of aliphatic imine (C=N–C) groups is 1. The highest BCUT2D eigenvalue weighted by molar-refractivity contribution is 6.30. The van der Waals surface area contributed by atoms with E-state index in [0.717, 1.165) is 25.9 Å². The number of nitrogens with zero attached hydrogens (tertiary/aromatic N) is 2. The second kappa shape index (κ2) is 8.66. The molecule has 1 unspecified atom stereocenters. The molecule has 150 valence electrons. The molecular weight excluding hydrogens is 388 g/mol. The minimum Gasteiger partial charge on any atom is -0.343 e. The van der Waals surface area contributed by atoms with E-state index in [9.17, 15) is 9.59 Å². The van der Waals surface area contributed by atoms with Crippen molar-refractivity contribution in [1.82, 2.24) is 10.2 Å². The summed E-state index contributed by atoms with van der Waals surface area (Å²) in [5, 5.41) is 6.52. The third kappa shape index (κ3) is 4.77. The largest absolute Gasteiger partial charge is 0.343 e. The average molecular weight is 411 g/mol. The van der Waals surface area contributed by atoms with Gasteiger partial charge in [-0.1, -0.05) is 41.9 Å². The van der Waals surface area contributed by atoms with Gasteiger partial charge in [0, 0.05) is 23.8 Å². The lowest BCUT2D eigenvalue weighted by atomic mass is 9.90. The zero-order valence-electron chi connectivity index (χ0n) is 16.0. The molecule has 0 radical (unpaired) electrons. The van der Waals surface area contributed by atoms with Crippen molar-refractivity contribution in [2.45, 2.75) is 31.2 Å². The zero-order valence-corrected chi connectivity index (χ0v) is 16.7. The molecule has 2 N–H and O–H groups in total. The van der Waals surface area contributed by atoms with E-state index in [1.54, 1.807) is 24.3 Å². The van der Waals surface area contributed by atoms with Gasteiger partial charge in [-0.25, -0.2) is 0 Å². The Hall–Kier alpha value is -2.86. The fraction of sp³-hybridized carbons (Fsp3) is 0.318. The number of hydrogen-bond acceptors (Lipinski definition) is 4. The fourth-order valence-corrected chi connectivity index (χ4v) is 3.94. The Morgan fingerprint density at radius 2 is 1.79 bits per heavy atom. The van der Waals surface area contributed by atoms with Gasteiger partial charge in [-0.3, -0.25) is 9.59 Å². The van der Waals surface area contributed by atoms with E-state index in [1.165, 1.54) is 5.56 Å². The van der Waals surface area contributed by atoms with Crippen LogP contribution in [0.25, 0.3) is 0 Å². The maximum absolute atomic E-state index is 12.3. The number of amides is 2. The van der Waals surface area contributed by atoms with Crippen molar-refractivity contribution in [1.29, 1.82) is 0 Å². The molecule has 29 heavy (non-hydrogen) atoms. The molecule has 0 saturated carbocycles. The van der Waals surface area contributed by atoms with Crippen molar-refractivity contribution in [3.05, 3.63) is 65.2 Å². The van der Waals surface area contributed by atoms with E-state index >= 15 is 0 Å². The van der Waals surface area contributed by atoms with Crippen molar-refractivity contribution in [2.24, 2.45) is 4.99 Å². The summed E-state index contributed by atoms with van der Waals surface area (Å²) >= 11 is 5.85. The van der Waals surface area contributed by atoms with E-state index in [1.807, 2.05) is 6.07 Å². The van der Waals surface area contributed by atoms with Crippen molar-refractivity contribution in [3.63, 3.8) is 0 Å². The highest BCUT2D eigenvalue weighted by Crippen LogP contribution is 2.28. The lowest BCUT2D eigenvalue weighted by molar-refractivity contribution is -0.123. The Kier molecular flexibility index (Phi) is 5.81. The Labute approximate surface area is 175 Å². The van der Waals surface area contributed by atoms with Gasteiger partial charge < -0.3 is 15.5 Å². The number of carbonyl (C=O) groups is 2. The minimum atomic E-state index is -0.621. The van der Waals surface area contributed by atoms with Gasteiger partial charge in [0.05, 0.1) is 6.42 Å². The number of carbonyl (C=O) groups excluding carboxylic acids is 2. The Morgan fingerprint density at radius 1 is 1.10 bits per heavy atom. The average Bonchev–Trinajstić information content (AvgIpc) is 3.10. The van der Waals surface area contributed by atoms with Gasteiger partial charge in [-0.15, -0.1) is 0 Å². The second-order valence-corrected chi connectivity index (χ2v) is 7.84. The molecule has 0 aliphatic carbocycles. The zero-order chi connectivity index (χ0) is 20.2. The van der Waals surface area contributed by atoms with Crippen LogP contribution in [-0.4, -0.2) is 41.8 Å². The van der Waals surface area contributed by atoms with Crippen LogP contribution >= 0.6 is 11.6 Å². The quantitative estimate of drug-likeness (QED) is 0.810. The number of likely N-dealkylation sites (tertiary alicyclic amines) is 1. The number of hydrogen-bond donors (Lipinski definition) is 2. The number of benzene rings is 2. The van der Waals surface area contributed by atoms with Gasteiger partial charge in [0.25, 0.3) is 5.91 Å². The third-order valence-electron chi connectivity index (χ3n) is 5.40. The number of halogens is 1.